The van der Waals surface area contributed by atoms with Gasteiger partial charge in [0, 0.05) is 12.8 Å². The third kappa shape index (κ3) is 3.91. The first-order valence-electron chi connectivity index (χ1n) is 7.78. The summed E-state index contributed by atoms with van der Waals surface area (Å²) in [5, 5.41) is 7.55. The second-order valence-electron chi connectivity index (χ2n) is 6.19. The van der Waals surface area contributed by atoms with E-state index in [9.17, 15) is 0 Å². The van der Waals surface area contributed by atoms with Crippen LogP contribution in [-0.2, 0) is 12.8 Å². The number of hydrogen-bond acceptors (Lipinski definition) is 4. The summed E-state index contributed by atoms with van der Waals surface area (Å²) >= 11 is 0. The van der Waals surface area contributed by atoms with Crippen molar-refractivity contribution in [1.29, 1.82) is 0 Å². The molecule has 3 rings (SSSR count). The Bertz CT molecular complexity index is 580. The molecule has 4 heteroatoms. The van der Waals surface area contributed by atoms with Crippen molar-refractivity contribution in [3.8, 4) is 0 Å². The quantitative estimate of drug-likeness (QED) is 0.938. The predicted octanol–water partition coefficient (Wildman–Crippen LogP) is 2.82. The van der Waals surface area contributed by atoms with Gasteiger partial charge in [0.1, 0.15) is 0 Å². The van der Waals surface area contributed by atoms with E-state index >= 15 is 0 Å². The van der Waals surface area contributed by atoms with Gasteiger partial charge in [-0.25, -0.2) is 0 Å². The molecule has 1 atom stereocenters. The molecule has 2 aromatic rings. The fourth-order valence-electron chi connectivity index (χ4n) is 3.14. The number of benzene rings is 1. The van der Waals surface area contributed by atoms with E-state index in [0.717, 1.165) is 37.6 Å². The number of rotatable bonds is 4. The first-order chi connectivity index (χ1) is 10.2. The molecule has 112 valence electrons. The van der Waals surface area contributed by atoms with Gasteiger partial charge in [0.15, 0.2) is 5.82 Å². The lowest BCUT2D eigenvalue weighted by atomic mass is 9.96. The van der Waals surface area contributed by atoms with Crippen molar-refractivity contribution < 1.29 is 4.52 Å². The fourth-order valence-corrected chi connectivity index (χ4v) is 3.14. The van der Waals surface area contributed by atoms with E-state index in [2.05, 4.69) is 47.5 Å². The molecule has 2 heterocycles. The van der Waals surface area contributed by atoms with E-state index in [4.69, 9.17) is 4.52 Å². The summed E-state index contributed by atoms with van der Waals surface area (Å²) < 4.78 is 5.41. The summed E-state index contributed by atoms with van der Waals surface area (Å²) in [6.07, 6.45) is 4.14. The standard InChI is InChI=1S/C17H23N3O/c1-12-6-13(2)8-15(7-12)9-16-19-17(21-20-16)10-14-4-3-5-18-11-14/h6-8,14,18H,3-5,9-11H2,1-2H3. The normalized spacial score (nSPS) is 18.9. The lowest BCUT2D eigenvalue weighted by Gasteiger charge is -2.20. The van der Waals surface area contributed by atoms with E-state index in [-0.39, 0.29) is 0 Å². The average molecular weight is 285 g/mol. The first-order valence-corrected chi connectivity index (χ1v) is 7.78. The van der Waals surface area contributed by atoms with E-state index in [0.29, 0.717) is 5.92 Å². The Balaban J connectivity index is 1.64. The van der Waals surface area contributed by atoms with Gasteiger partial charge in [0.05, 0.1) is 0 Å². The maximum absolute atomic E-state index is 5.41. The monoisotopic (exact) mass is 285 g/mol. The Morgan fingerprint density at radius 2 is 2.05 bits per heavy atom. The van der Waals surface area contributed by atoms with Crippen LogP contribution < -0.4 is 5.32 Å². The summed E-state index contributed by atoms with van der Waals surface area (Å²) in [7, 11) is 0. The van der Waals surface area contributed by atoms with Gasteiger partial charge in [-0.15, -0.1) is 0 Å². The van der Waals surface area contributed by atoms with Gasteiger partial charge in [-0.2, -0.15) is 4.98 Å². The number of aryl methyl sites for hydroxylation is 2. The molecule has 0 saturated carbocycles. The molecule has 1 aliphatic heterocycles. The highest BCUT2D eigenvalue weighted by atomic mass is 16.5. The second kappa shape index (κ2) is 6.39. The molecule has 1 fully saturated rings. The Hall–Kier alpha value is -1.68. The predicted molar refractivity (Wildman–Crippen MR) is 82.3 cm³/mol. The number of nitrogens with one attached hydrogen (secondary N) is 1. The van der Waals surface area contributed by atoms with E-state index < -0.39 is 0 Å². The van der Waals surface area contributed by atoms with Crippen LogP contribution in [0.25, 0.3) is 0 Å². The average Bonchev–Trinajstić information content (AvgIpc) is 2.86. The number of piperidine rings is 1. The zero-order valence-corrected chi connectivity index (χ0v) is 12.9. The van der Waals surface area contributed by atoms with Crippen LogP contribution >= 0.6 is 0 Å². The molecule has 0 aliphatic carbocycles. The highest BCUT2D eigenvalue weighted by Crippen LogP contribution is 2.17. The molecule has 0 bridgehead atoms. The van der Waals surface area contributed by atoms with Gasteiger partial charge in [-0.3, -0.25) is 0 Å². The Kier molecular flexibility index (Phi) is 4.34. The topological polar surface area (TPSA) is 51.0 Å². The molecule has 1 aromatic carbocycles. The van der Waals surface area contributed by atoms with Crippen molar-refractivity contribution in [2.24, 2.45) is 5.92 Å². The van der Waals surface area contributed by atoms with E-state index in [1.807, 2.05) is 0 Å². The molecule has 1 unspecified atom stereocenters. The van der Waals surface area contributed by atoms with Crippen molar-refractivity contribution in [3.05, 3.63) is 46.6 Å². The molecule has 0 amide bonds. The lowest BCUT2D eigenvalue weighted by molar-refractivity contribution is 0.314. The van der Waals surface area contributed by atoms with Crippen molar-refractivity contribution >= 4 is 0 Å². The smallest absolute Gasteiger partial charge is 0.226 e. The maximum atomic E-state index is 5.41. The first kappa shape index (κ1) is 14.3. The minimum absolute atomic E-state index is 0.633. The van der Waals surface area contributed by atoms with Crippen LogP contribution in [0.2, 0.25) is 0 Å². The van der Waals surface area contributed by atoms with E-state index in [1.54, 1.807) is 0 Å². The molecule has 21 heavy (non-hydrogen) atoms. The SMILES string of the molecule is Cc1cc(C)cc(Cc2noc(CC3CCCNC3)n2)c1. The van der Waals surface area contributed by atoms with Crippen LogP contribution in [0.4, 0.5) is 0 Å². The van der Waals surface area contributed by atoms with Crippen LogP contribution in [0.15, 0.2) is 22.7 Å². The number of nitrogens with zero attached hydrogens (tertiary/aromatic N) is 2. The molecule has 1 saturated heterocycles. The van der Waals surface area contributed by atoms with Crippen LogP contribution in [0.3, 0.4) is 0 Å². The number of aromatic nitrogens is 2. The summed E-state index contributed by atoms with van der Waals surface area (Å²) in [5.74, 6) is 2.20. The summed E-state index contributed by atoms with van der Waals surface area (Å²) in [6, 6.07) is 6.56. The fraction of sp³-hybridized carbons (Fsp3) is 0.529. The van der Waals surface area contributed by atoms with Gasteiger partial charge in [0.2, 0.25) is 5.89 Å². The summed E-state index contributed by atoms with van der Waals surface area (Å²) in [5.41, 5.74) is 3.81. The number of hydrogen-bond donors (Lipinski definition) is 1. The minimum Gasteiger partial charge on any atom is -0.339 e. The highest BCUT2D eigenvalue weighted by Gasteiger charge is 2.17. The highest BCUT2D eigenvalue weighted by molar-refractivity contribution is 5.30. The Morgan fingerprint density at radius 3 is 2.76 bits per heavy atom. The van der Waals surface area contributed by atoms with Crippen molar-refractivity contribution in [2.75, 3.05) is 13.1 Å². The molecular formula is C17H23N3O. The Labute approximate surface area is 126 Å². The third-order valence-corrected chi connectivity index (χ3v) is 4.02. The summed E-state index contributed by atoms with van der Waals surface area (Å²) in [6.45, 7) is 6.44. The third-order valence-electron chi connectivity index (χ3n) is 4.02. The molecule has 1 aromatic heterocycles. The van der Waals surface area contributed by atoms with Gasteiger partial charge >= 0.3 is 0 Å². The maximum Gasteiger partial charge on any atom is 0.226 e. The largest absolute Gasteiger partial charge is 0.339 e. The lowest BCUT2D eigenvalue weighted by Crippen LogP contribution is -2.30. The summed E-state index contributed by atoms with van der Waals surface area (Å²) in [4.78, 5) is 4.55. The van der Waals surface area contributed by atoms with Gasteiger partial charge in [-0.05, 0) is 51.3 Å². The molecule has 0 spiro atoms. The zero-order chi connectivity index (χ0) is 14.7. The van der Waals surface area contributed by atoms with Crippen LogP contribution in [0, 0.1) is 19.8 Å². The van der Waals surface area contributed by atoms with Gasteiger partial charge in [-0.1, -0.05) is 34.5 Å². The molecule has 1 aliphatic rings. The van der Waals surface area contributed by atoms with Crippen molar-refractivity contribution in [1.82, 2.24) is 15.5 Å². The molecular weight excluding hydrogens is 262 g/mol. The van der Waals surface area contributed by atoms with Gasteiger partial charge in [0.25, 0.3) is 0 Å². The second-order valence-corrected chi connectivity index (χ2v) is 6.19. The van der Waals surface area contributed by atoms with Crippen molar-refractivity contribution in [2.45, 2.75) is 39.5 Å². The van der Waals surface area contributed by atoms with Gasteiger partial charge < -0.3 is 9.84 Å². The van der Waals surface area contributed by atoms with Crippen LogP contribution in [-0.4, -0.2) is 23.2 Å². The van der Waals surface area contributed by atoms with Crippen LogP contribution in [0.5, 0.6) is 0 Å². The molecule has 4 nitrogen and oxygen atoms in total. The van der Waals surface area contributed by atoms with Crippen LogP contribution in [0.1, 0.15) is 41.2 Å². The molecule has 0 radical (unpaired) electrons. The minimum atomic E-state index is 0.633. The van der Waals surface area contributed by atoms with Crippen molar-refractivity contribution in [3.63, 3.8) is 0 Å². The van der Waals surface area contributed by atoms with E-state index in [1.165, 1.54) is 29.5 Å². The zero-order valence-electron chi connectivity index (χ0n) is 12.9. The Morgan fingerprint density at radius 1 is 1.24 bits per heavy atom. The molecule has 1 N–H and O–H groups in total.